The Bertz CT molecular complexity index is 1140. The molecule has 0 aliphatic rings. The summed E-state index contributed by atoms with van der Waals surface area (Å²) in [5.74, 6) is -0.967. The second kappa shape index (κ2) is 54.0. The van der Waals surface area contributed by atoms with Gasteiger partial charge in [-0.1, -0.05) is 256 Å². The topological polar surface area (TPSA) is 78.9 Å². The molecule has 6 nitrogen and oxygen atoms in total. The zero-order valence-electron chi connectivity index (χ0n) is 43.3. The van der Waals surface area contributed by atoms with Crippen LogP contribution in [0, 0.1) is 0 Å². The molecular weight excluding hydrogens is 805 g/mol. The summed E-state index contributed by atoms with van der Waals surface area (Å²) in [5, 5.41) is 0. The number of allylic oxidation sites excluding steroid dienone is 8. The Morgan fingerprint density at radius 3 is 1.03 bits per heavy atom. The Morgan fingerprint density at radius 1 is 0.323 bits per heavy atom. The number of carbonyl (C=O) groups excluding carboxylic acids is 3. The molecule has 0 aromatic carbocycles. The molecule has 65 heavy (non-hydrogen) atoms. The van der Waals surface area contributed by atoms with Crippen molar-refractivity contribution in [3.05, 3.63) is 48.6 Å². The molecule has 0 fully saturated rings. The van der Waals surface area contributed by atoms with Gasteiger partial charge in [0, 0.05) is 19.3 Å². The zero-order chi connectivity index (χ0) is 47.2. The maximum atomic E-state index is 12.8. The normalized spacial score (nSPS) is 12.4. The summed E-state index contributed by atoms with van der Waals surface area (Å²) in [5.41, 5.74) is 0. The lowest BCUT2D eigenvalue weighted by molar-refractivity contribution is -0.166. The van der Waals surface area contributed by atoms with E-state index in [1.54, 1.807) is 0 Å². The lowest BCUT2D eigenvalue weighted by atomic mass is 10.0. The Labute approximate surface area is 403 Å². The molecule has 0 N–H and O–H groups in total. The minimum Gasteiger partial charge on any atom is -0.462 e. The van der Waals surface area contributed by atoms with E-state index in [4.69, 9.17) is 14.2 Å². The van der Waals surface area contributed by atoms with Crippen molar-refractivity contribution in [3.63, 3.8) is 0 Å². The maximum absolute atomic E-state index is 12.8. The molecule has 0 spiro atoms. The first-order valence-electron chi connectivity index (χ1n) is 28.2. The van der Waals surface area contributed by atoms with Crippen LogP contribution in [-0.2, 0) is 28.6 Å². The number of unbranched alkanes of at least 4 members (excludes halogenated alkanes) is 33. The molecule has 6 heteroatoms. The molecule has 0 aromatic heterocycles. The van der Waals surface area contributed by atoms with Crippen molar-refractivity contribution in [1.82, 2.24) is 0 Å². The fourth-order valence-corrected chi connectivity index (χ4v) is 8.08. The zero-order valence-corrected chi connectivity index (χ0v) is 43.3. The van der Waals surface area contributed by atoms with Gasteiger partial charge in [0.2, 0.25) is 0 Å². The van der Waals surface area contributed by atoms with Crippen LogP contribution in [0.4, 0.5) is 0 Å². The average molecular weight is 911 g/mol. The molecule has 0 aliphatic carbocycles. The third kappa shape index (κ3) is 52.2. The second-order valence-electron chi connectivity index (χ2n) is 18.9. The number of ether oxygens (including phenoxy) is 3. The lowest BCUT2D eigenvalue weighted by Crippen LogP contribution is -2.30. The first-order valence-corrected chi connectivity index (χ1v) is 28.2. The van der Waals surface area contributed by atoms with Crippen LogP contribution in [0.15, 0.2) is 48.6 Å². The van der Waals surface area contributed by atoms with E-state index in [1.807, 2.05) is 6.08 Å². The number of rotatable bonds is 51. The summed E-state index contributed by atoms with van der Waals surface area (Å²) in [6.07, 6.45) is 65.4. The largest absolute Gasteiger partial charge is 0.462 e. The van der Waals surface area contributed by atoms with Crippen molar-refractivity contribution in [2.45, 2.75) is 297 Å². The molecular formula is C59H106O6. The van der Waals surface area contributed by atoms with Gasteiger partial charge < -0.3 is 14.2 Å². The van der Waals surface area contributed by atoms with Crippen molar-refractivity contribution in [2.75, 3.05) is 13.2 Å². The third-order valence-corrected chi connectivity index (χ3v) is 12.3. The fourth-order valence-electron chi connectivity index (χ4n) is 8.08. The van der Waals surface area contributed by atoms with Gasteiger partial charge in [-0.3, -0.25) is 14.4 Å². The molecule has 0 saturated carbocycles. The van der Waals surface area contributed by atoms with E-state index < -0.39 is 6.10 Å². The van der Waals surface area contributed by atoms with Crippen LogP contribution < -0.4 is 0 Å². The third-order valence-electron chi connectivity index (χ3n) is 12.3. The van der Waals surface area contributed by atoms with Gasteiger partial charge in [-0.05, 0) is 64.2 Å². The average Bonchev–Trinajstić information content (AvgIpc) is 3.30. The van der Waals surface area contributed by atoms with Gasteiger partial charge in [0.05, 0.1) is 0 Å². The van der Waals surface area contributed by atoms with E-state index in [0.717, 1.165) is 70.6 Å². The van der Waals surface area contributed by atoms with Crippen LogP contribution in [0.5, 0.6) is 0 Å². The highest BCUT2D eigenvalue weighted by Gasteiger charge is 2.19. The van der Waals surface area contributed by atoms with Gasteiger partial charge in [0.25, 0.3) is 0 Å². The minimum atomic E-state index is -0.799. The molecule has 0 aliphatic heterocycles. The molecule has 0 radical (unpaired) electrons. The molecule has 0 aromatic rings. The summed E-state index contributed by atoms with van der Waals surface area (Å²) in [6, 6.07) is 0. The number of hydrogen-bond acceptors (Lipinski definition) is 6. The Kier molecular flexibility index (Phi) is 51.8. The maximum Gasteiger partial charge on any atom is 0.306 e. The standard InChI is InChI=1S/C59H106O6/c1-4-7-10-13-16-19-22-25-27-29-30-32-34-37-40-43-46-49-52-58(61)64-55-56(54-63-57(60)51-48-45-42-39-36-33-24-21-18-15-12-9-6-3)65-59(62)53-50-47-44-41-38-35-31-28-26-23-20-17-14-11-8-5-2/h27,29-30,32-33,36,42,45,56H,4-26,28,31,34-35,37-41,43-44,46-55H2,1-3H3/b29-27-,32-30-,36-33-,45-42-. The quantitative estimate of drug-likeness (QED) is 0.0199. The van der Waals surface area contributed by atoms with Crippen molar-refractivity contribution < 1.29 is 28.6 Å². The Morgan fingerprint density at radius 2 is 0.631 bits per heavy atom. The molecule has 0 amide bonds. The van der Waals surface area contributed by atoms with Gasteiger partial charge in [-0.2, -0.15) is 0 Å². The fraction of sp³-hybridized carbons (Fsp3) is 0.814. The molecule has 0 heterocycles. The molecule has 378 valence electrons. The summed E-state index contributed by atoms with van der Waals surface area (Å²) in [4.78, 5) is 38.0. The Balaban J connectivity index is 4.42. The smallest absolute Gasteiger partial charge is 0.306 e. The van der Waals surface area contributed by atoms with Gasteiger partial charge in [-0.25, -0.2) is 0 Å². The van der Waals surface area contributed by atoms with Gasteiger partial charge in [-0.15, -0.1) is 0 Å². The predicted molar refractivity (Wildman–Crippen MR) is 279 cm³/mol. The highest BCUT2D eigenvalue weighted by molar-refractivity contribution is 5.71. The number of hydrogen-bond donors (Lipinski definition) is 0. The summed E-state index contributed by atoms with van der Waals surface area (Å²) in [6.45, 7) is 6.59. The van der Waals surface area contributed by atoms with Crippen LogP contribution in [0.2, 0.25) is 0 Å². The van der Waals surface area contributed by atoms with Crippen LogP contribution in [0.3, 0.4) is 0 Å². The van der Waals surface area contributed by atoms with E-state index in [1.165, 1.54) is 173 Å². The van der Waals surface area contributed by atoms with E-state index in [-0.39, 0.29) is 37.5 Å². The van der Waals surface area contributed by atoms with E-state index in [9.17, 15) is 14.4 Å². The summed E-state index contributed by atoms with van der Waals surface area (Å²) in [7, 11) is 0. The van der Waals surface area contributed by atoms with E-state index >= 15 is 0 Å². The van der Waals surface area contributed by atoms with E-state index in [2.05, 4.69) is 63.3 Å². The molecule has 0 saturated heterocycles. The molecule has 0 bridgehead atoms. The van der Waals surface area contributed by atoms with Gasteiger partial charge in [0.15, 0.2) is 6.10 Å². The van der Waals surface area contributed by atoms with Crippen molar-refractivity contribution >= 4 is 17.9 Å². The minimum absolute atomic E-state index is 0.0956. The van der Waals surface area contributed by atoms with Crippen LogP contribution in [0.25, 0.3) is 0 Å². The highest BCUT2D eigenvalue weighted by atomic mass is 16.6. The SMILES string of the molecule is CCCCCCCC/C=C\C/C=C\CCC(=O)OCC(COC(=O)CCCCCCC/C=C\C=C/CCCCCCCCC)OC(=O)CCCCCCCCCCCCCCCCCC. The Hall–Kier alpha value is -2.63. The van der Waals surface area contributed by atoms with Crippen molar-refractivity contribution in [1.29, 1.82) is 0 Å². The monoisotopic (exact) mass is 911 g/mol. The highest BCUT2D eigenvalue weighted by Crippen LogP contribution is 2.16. The van der Waals surface area contributed by atoms with Crippen molar-refractivity contribution in [2.24, 2.45) is 0 Å². The summed E-state index contributed by atoms with van der Waals surface area (Å²) >= 11 is 0. The molecule has 0 rings (SSSR count). The van der Waals surface area contributed by atoms with Gasteiger partial charge >= 0.3 is 17.9 Å². The summed E-state index contributed by atoms with van der Waals surface area (Å²) < 4.78 is 16.8. The van der Waals surface area contributed by atoms with Crippen LogP contribution in [-0.4, -0.2) is 37.2 Å². The van der Waals surface area contributed by atoms with E-state index in [0.29, 0.717) is 19.3 Å². The van der Waals surface area contributed by atoms with Crippen molar-refractivity contribution in [3.8, 4) is 0 Å². The molecule has 1 unspecified atom stereocenters. The second-order valence-corrected chi connectivity index (χ2v) is 18.9. The number of esters is 3. The first-order chi connectivity index (χ1) is 32.0. The van der Waals surface area contributed by atoms with Crippen LogP contribution in [0.1, 0.15) is 290 Å². The molecule has 1 atom stereocenters. The number of carbonyl (C=O) groups is 3. The predicted octanol–water partition coefficient (Wildman–Crippen LogP) is 18.7. The van der Waals surface area contributed by atoms with Crippen LogP contribution >= 0.6 is 0 Å². The first kappa shape index (κ1) is 62.4. The lowest BCUT2D eigenvalue weighted by Gasteiger charge is -2.18. The van der Waals surface area contributed by atoms with Gasteiger partial charge in [0.1, 0.15) is 13.2 Å².